The number of nitrogens with two attached hydrogens (primary N) is 1. The van der Waals surface area contributed by atoms with E-state index in [1.807, 2.05) is 6.07 Å². The molecule has 6 nitrogen and oxygen atoms in total. The fourth-order valence-electron chi connectivity index (χ4n) is 3.00. The van der Waals surface area contributed by atoms with Crippen molar-refractivity contribution in [2.75, 3.05) is 5.43 Å². The van der Waals surface area contributed by atoms with Crippen molar-refractivity contribution < 1.29 is 9.59 Å². The number of fused-ring (bicyclic) bond motifs is 1. The molecule has 2 amide bonds. The Balaban J connectivity index is 1.76. The zero-order valence-electron chi connectivity index (χ0n) is 10.5. The lowest BCUT2D eigenvalue weighted by atomic mass is 10.00. The van der Waals surface area contributed by atoms with Crippen LogP contribution in [0.4, 0.5) is 5.82 Å². The molecule has 1 aliphatic heterocycles. The minimum absolute atomic E-state index is 0.0199. The van der Waals surface area contributed by atoms with Crippen LogP contribution < -0.4 is 11.3 Å². The standard InChI is InChI=1S/C13H16N4O2/c14-16-11-5-4-8(6-15-11)7-17-12(18)9-2-1-3-10(9)13(17)19/h4-6,9-10H,1-3,7,14H2,(H,15,16). The second kappa shape index (κ2) is 4.62. The molecule has 19 heavy (non-hydrogen) atoms. The van der Waals surface area contributed by atoms with E-state index in [4.69, 9.17) is 5.84 Å². The van der Waals surface area contributed by atoms with Gasteiger partial charge in [-0.2, -0.15) is 0 Å². The number of amides is 2. The monoisotopic (exact) mass is 260 g/mol. The number of nitrogens with one attached hydrogen (secondary N) is 1. The Kier molecular flexibility index (Phi) is 2.94. The third-order valence-corrected chi connectivity index (χ3v) is 4.00. The number of anilines is 1. The van der Waals surface area contributed by atoms with E-state index < -0.39 is 0 Å². The van der Waals surface area contributed by atoms with Crippen molar-refractivity contribution in [2.24, 2.45) is 17.7 Å². The van der Waals surface area contributed by atoms with Gasteiger partial charge in [0, 0.05) is 6.20 Å². The van der Waals surface area contributed by atoms with E-state index in [2.05, 4.69) is 10.4 Å². The molecule has 2 aliphatic rings. The van der Waals surface area contributed by atoms with Gasteiger partial charge in [-0.1, -0.05) is 12.5 Å². The lowest BCUT2D eigenvalue weighted by Gasteiger charge is -2.15. The maximum Gasteiger partial charge on any atom is 0.233 e. The van der Waals surface area contributed by atoms with Crippen LogP contribution in [0, 0.1) is 11.8 Å². The van der Waals surface area contributed by atoms with E-state index in [0.29, 0.717) is 12.4 Å². The summed E-state index contributed by atoms with van der Waals surface area (Å²) < 4.78 is 0. The van der Waals surface area contributed by atoms with Crippen molar-refractivity contribution in [1.82, 2.24) is 9.88 Å². The minimum atomic E-state index is -0.0783. The summed E-state index contributed by atoms with van der Waals surface area (Å²) in [7, 11) is 0. The second-order valence-electron chi connectivity index (χ2n) is 5.10. The van der Waals surface area contributed by atoms with Gasteiger partial charge in [0.1, 0.15) is 5.82 Å². The summed E-state index contributed by atoms with van der Waals surface area (Å²) in [5.41, 5.74) is 3.27. The molecule has 0 aromatic carbocycles. The molecule has 1 saturated heterocycles. The van der Waals surface area contributed by atoms with Gasteiger partial charge >= 0.3 is 0 Å². The first kappa shape index (κ1) is 12.1. The number of hydrazine groups is 1. The predicted molar refractivity (Wildman–Crippen MR) is 68.4 cm³/mol. The summed E-state index contributed by atoms with van der Waals surface area (Å²) in [6.07, 6.45) is 4.31. The number of likely N-dealkylation sites (tertiary alicyclic amines) is 1. The third kappa shape index (κ3) is 1.98. The third-order valence-electron chi connectivity index (χ3n) is 4.00. The van der Waals surface area contributed by atoms with Gasteiger partial charge in [0.2, 0.25) is 11.8 Å². The summed E-state index contributed by atoms with van der Waals surface area (Å²) in [5, 5.41) is 0. The number of pyridine rings is 1. The van der Waals surface area contributed by atoms with Crippen LogP contribution in [0.3, 0.4) is 0 Å². The zero-order chi connectivity index (χ0) is 13.4. The molecular weight excluding hydrogens is 244 g/mol. The van der Waals surface area contributed by atoms with Gasteiger partial charge in [-0.05, 0) is 24.5 Å². The fraction of sp³-hybridized carbons (Fsp3) is 0.462. The molecule has 2 atom stereocenters. The van der Waals surface area contributed by atoms with Gasteiger partial charge in [-0.3, -0.25) is 14.5 Å². The van der Waals surface area contributed by atoms with E-state index in [0.717, 1.165) is 24.8 Å². The predicted octanol–water partition coefficient (Wildman–Crippen LogP) is 0.652. The average molecular weight is 260 g/mol. The van der Waals surface area contributed by atoms with Gasteiger partial charge in [0.25, 0.3) is 0 Å². The summed E-state index contributed by atoms with van der Waals surface area (Å²) in [6, 6.07) is 3.54. The maximum atomic E-state index is 12.2. The van der Waals surface area contributed by atoms with Gasteiger partial charge < -0.3 is 5.43 Å². The van der Waals surface area contributed by atoms with Crippen LogP contribution in [0.5, 0.6) is 0 Å². The Morgan fingerprint density at radius 1 is 1.26 bits per heavy atom. The van der Waals surface area contributed by atoms with E-state index in [1.54, 1.807) is 12.3 Å². The highest BCUT2D eigenvalue weighted by Gasteiger charge is 2.49. The van der Waals surface area contributed by atoms with E-state index in [-0.39, 0.29) is 23.7 Å². The van der Waals surface area contributed by atoms with Crippen molar-refractivity contribution in [3.63, 3.8) is 0 Å². The summed E-state index contributed by atoms with van der Waals surface area (Å²) in [4.78, 5) is 29.8. The number of carbonyl (C=O) groups is 2. The largest absolute Gasteiger partial charge is 0.308 e. The lowest BCUT2D eigenvalue weighted by Crippen LogP contribution is -2.31. The SMILES string of the molecule is NNc1ccc(CN2C(=O)C3CCCC3C2=O)cn1. The van der Waals surface area contributed by atoms with Crippen LogP contribution in [0.15, 0.2) is 18.3 Å². The fourth-order valence-corrected chi connectivity index (χ4v) is 3.00. The Hall–Kier alpha value is -1.95. The Morgan fingerprint density at radius 2 is 1.95 bits per heavy atom. The number of hydrogen-bond donors (Lipinski definition) is 2. The smallest absolute Gasteiger partial charge is 0.233 e. The topological polar surface area (TPSA) is 88.3 Å². The number of rotatable bonds is 3. The van der Waals surface area contributed by atoms with Crippen molar-refractivity contribution in [3.05, 3.63) is 23.9 Å². The highest BCUT2D eigenvalue weighted by Crippen LogP contribution is 2.40. The first-order valence-electron chi connectivity index (χ1n) is 6.47. The van der Waals surface area contributed by atoms with Crippen molar-refractivity contribution >= 4 is 17.6 Å². The molecule has 3 N–H and O–H groups in total. The van der Waals surface area contributed by atoms with Gasteiger partial charge in [-0.25, -0.2) is 10.8 Å². The van der Waals surface area contributed by atoms with Crippen molar-refractivity contribution in [2.45, 2.75) is 25.8 Å². The number of nitrogen functional groups attached to an aromatic ring is 1. The molecule has 2 unspecified atom stereocenters. The normalized spacial score (nSPS) is 25.8. The molecule has 3 rings (SSSR count). The number of carbonyl (C=O) groups excluding carboxylic acids is 2. The Morgan fingerprint density at radius 3 is 2.47 bits per heavy atom. The molecule has 1 aliphatic carbocycles. The molecule has 1 aromatic heterocycles. The zero-order valence-corrected chi connectivity index (χ0v) is 10.5. The molecule has 0 radical (unpaired) electrons. The Bertz CT molecular complexity index is 492. The number of nitrogens with zero attached hydrogens (tertiary/aromatic N) is 2. The first-order chi connectivity index (χ1) is 9.20. The first-order valence-corrected chi connectivity index (χ1v) is 6.47. The molecule has 2 heterocycles. The molecule has 100 valence electrons. The van der Waals surface area contributed by atoms with Crippen LogP contribution in [0.1, 0.15) is 24.8 Å². The maximum absolute atomic E-state index is 12.2. The molecule has 6 heteroatoms. The van der Waals surface area contributed by atoms with Gasteiger partial charge in [-0.15, -0.1) is 0 Å². The second-order valence-corrected chi connectivity index (χ2v) is 5.10. The van der Waals surface area contributed by atoms with Crippen LogP contribution in [0.2, 0.25) is 0 Å². The summed E-state index contributed by atoms with van der Waals surface area (Å²) >= 11 is 0. The molecule has 2 fully saturated rings. The van der Waals surface area contributed by atoms with Crippen LogP contribution >= 0.6 is 0 Å². The quantitative estimate of drug-likeness (QED) is 0.473. The van der Waals surface area contributed by atoms with Gasteiger partial charge in [0.05, 0.1) is 18.4 Å². The Labute approximate surface area is 111 Å². The van der Waals surface area contributed by atoms with Crippen molar-refractivity contribution in [3.8, 4) is 0 Å². The number of imide groups is 1. The van der Waals surface area contributed by atoms with Crippen LogP contribution in [-0.2, 0) is 16.1 Å². The van der Waals surface area contributed by atoms with E-state index in [1.165, 1.54) is 4.90 Å². The molecule has 1 aromatic rings. The number of hydrogen-bond acceptors (Lipinski definition) is 5. The van der Waals surface area contributed by atoms with E-state index >= 15 is 0 Å². The number of aromatic nitrogens is 1. The molecule has 0 bridgehead atoms. The lowest BCUT2D eigenvalue weighted by molar-refractivity contribution is -0.141. The van der Waals surface area contributed by atoms with Crippen molar-refractivity contribution in [1.29, 1.82) is 0 Å². The van der Waals surface area contributed by atoms with Crippen LogP contribution in [0.25, 0.3) is 0 Å². The minimum Gasteiger partial charge on any atom is -0.308 e. The highest BCUT2D eigenvalue weighted by atomic mass is 16.2. The van der Waals surface area contributed by atoms with E-state index in [9.17, 15) is 9.59 Å². The summed E-state index contributed by atoms with van der Waals surface area (Å²) in [6.45, 7) is 0.308. The average Bonchev–Trinajstić information content (AvgIpc) is 3.00. The summed E-state index contributed by atoms with van der Waals surface area (Å²) in [5.74, 6) is 5.60. The molecule has 1 saturated carbocycles. The molecule has 0 spiro atoms. The van der Waals surface area contributed by atoms with Gasteiger partial charge in [0.15, 0.2) is 0 Å². The molecular formula is C13H16N4O2. The highest BCUT2D eigenvalue weighted by molar-refractivity contribution is 6.05. The van der Waals surface area contributed by atoms with Crippen LogP contribution in [-0.4, -0.2) is 21.7 Å².